The Balaban J connectivity index is 1.20. The number of nitrogens with zero attached hydrogens (tertiary/aromatic N) is 5. The quantitative estimate of drug-likeness (QED) is 0.176. The topological polar surface area (TPSA) is 48.5 Å². The number of benzene rings is 8. The molecule has 11 aromatic rings. The number of rotatable bonds is 5. The Hall–Kier alpha value is -7.63. The molecule has 0 amide bonds. The Morgan fingerprint density at radius 2 is 0.864 bits per heavy atom. The van der Waals surface area contributed by atoms with E-state index in [0.717, 1.165) is 50.1 Å². The number of aromatic nitrogens is 5. The van der Waals surface area contributed by atoms with Crippen molar-refractivity contribution in [1.82, 2.24) is 24.1 Å². The van der Waals surface area contributed by atoms with Crippen LogP contribution in [0.1, 0.15) is 25.0 Å². The van der Waals surface area contributed by atoms with Crippen LogP contribution in [0.25, 0.3) is 100 Å². The van der Waals surface area contributed by atoms with Crippen molar-refractivity contribution >= 4 is 43.6 Å². The molecule has 1 aliphatic carbocycles. The maximum atomic E-state index is 5.34. The predicted octanol–water partition coefficient (Wildman–Crippen LogP) is 13.4. The van der Waals surface area contributed by atoms with Crippen molar-refractivity contribution in [1.29, 1.82) is 0 Å². The van der Waals surface area contributed by atoms with Crippen LogP contribution in [0.4, 0.5) is 0 Å². The molecule has 0 N–H and O–H groups in total. The summed E-state index contributed by atoms with van der Waals surface area (Å²) in [5.41, 5.74) is 14.5. The van der Waals surface area contributed by atoms with Gasteiger partial charge >= 0.3 is 0 Å². The highest BCUT2D eigenvalue weighted by Gasteiger charge is 2.36. The summed E-state index contributed by atoms with van der Waals surface area (Å²) in [6.07, 6.45) is 0. The van der Waals surface area contributed by atoms with Crippen LogP contribution in [0.3, 0.4) is 0 Å². The van der Waals surface area contributed by atoms with Gasteiger partial charge in [0.15, 0.2) is 17.5 Å². The van der Waals surface area contributed by atoms with E-state index in [1.807, 2.05) is 36.4 Å². The van der Waals surface area contributed by atoms with Crippen LogP contribution in [0.15, 0.2) is 188 Å². The summed E-state index contributed by atoms with van der Waals surface area (Å²) in [7, 11) is 0. The first-order valence-electron chi connectivity index (χ1n) is 20.2. The Morgan fingerprint density at radius 3 is 1.49 bits per heavy atom. The van der Waals surface area contributed by atoms with Gasteiger partial charge in [-0.15, -0.1) is 0 Å². The van der Waals surface area contributed by atoms with Crippen molar-refractivity contribution < 1.29 is 0 Å². The summed E-state index contributed by atoms with van der Waals surface area (Å²) >= 11 is 0. The lowest BCUT2D eigenvalue weighted by Gasteiger charge is -2.22. The minimum atomic E-state index is -0.159. The molecular formula is C54H37N5. The molecule has 0 bridgehead atoms. The third-order valence-corrected chi connectivity index (χ3v) is 12.4. The van der Waals surface area contributed by atoms with E-state index in [2.05, 4.69) is 175 Å². The highest BCUT2D eigenvalue weighted by atomic mass is 15.1. The van der Waals surface area contributed by atoms with Crippen molar-refractivity contribution in [2.24, 2.45) is 0 Å². The van der Waals surface area contributed by atoms with Gasteiger partial charge < -0.3 is 9.13 Å². The van der Waals surface area contributed by atoms with Crippen molar-refractivity contribution in [3.05, 3.63) is 199 Å². The van der Waals surface area contributed by atoms with Gasteiger partial charge in [-0.25, -0.2) is 15.0 Å². The molecule has 0 saturated carbocycles. The van der Waals surface area contributed by atoms with E-state index in [1.54, 1.807) is 0 Å². The zero-order chi connectivity index (χ0) is 39.2. The largest absolute Gasteiger partial charge is 0.309 e. The van der Waals surface area contributed by atoms with E-state index < -0.39 is 0 Å². The van der Waals surface area contributed by atoms with Gasteiger partial charge in [-0.05, 0) is 70.8 Å². The maximum Gasteiger partial charge on any atom is 0.166 e. The maximum absolute atomic E-state index is 5.34. The van der Waals surface area contributed by atoms with E-state index in [0.29, 0.717) is 17.5 Å². The fraction of sp³-hybridized carbons (Fsp3) is 0.0556. The summed E-state index contributed by atoms with van der Waals surface area (Å²) in [5.74, 6) is 1.86. The number of hydrogen-bond acceptors (Lipinski definition) is 3. The molecule has 0 fully saturated rings. The molecular weight excluding hydrogens is 719 g/mol. The van der Waals surface area contributed by atoms with Crippen LogP contribution >= 0.6 is 0 Å². The second-order valence-electron chi connectivity index (χ2n) is 16.0. The lowest BCUT2D eigenvalue weighted by molar-refractivity contribution is 0.661. The Morgan fingerprint density at radius 1 is 0.356 bits per heavy atom. The molecule has 12 rings (SSSR count). The van der Waals surface area contributed by atoms with Gasteiger partial charge in [0.2, 0.25) is 0 Å². The van der Waals surface area contributed by atoms with Gasteiger partial charge in [-0.2, -0.15) is 0 Å². The Bertz CT molecular complexity index is 3350. The molecule has 0 saturated heterocycles. The first kappa shape index (κ1) is 33.5. The van der Waals surface area contributed by atoms with Crippen molar-refractivity contribution in [3.63, 3.8) is 0 Å². The number of fused-ring (bicyclic) bond motifs is 9. The van der Waals surface area contributed by atoms with Crippen LogP contribution in [-0.2, 0) is 5.41 Å². The van der Waals surface area contributed by atoms with Crippen LogP contribution < -0.4 is 0 Å². The number of hydrogen-bond donors (Lipinski definition) is 0. The van der Waals surface area contributed by atoms with E-state index in [4.69, 9.17) is 15.0 Å². The molecule has 8 aromatic carbocycles. The third-order valence-electron chi connectivity index (χ3n) is 12.4. The smallest absolute Gasteiger partial charge is 0.166 e. The lowest BCUT2D eigenvalue weighted by Crippen LogP contribution is -2.15. The summed E-state index contributed by atoms with van der Waals surface area (Å²) in [5, 5.41) is 4.85. The second-order valence-corrected chi connectivity index (χ2v) is 16.0. The zero-order valence-electron chi connectivity index (χ0n) is 32.6. The molecule has 0 spiro atoms. The monoisotopic (exact) mass is 755 g/mol. The molecule has 0 aliphatic heterocycles. The van der Waals surface area contributed by atoms with Gasteiger partial charge in [0.05, 0.1) is 27.8 Å². The molecule has 0 radical (unpaired) electrons. The van der Waals surface area contributed by atoms with Crippen molar-refractivity contribution in [2.75, 3.05) is 0 Å². The Labute approximate surface area is 341 Å². The minimum absolute atomic E-state index is 0.159. The first-order valence-corrected chi connectivity index (χ1v) is 20.2. The summed E-state index contributed by atoms with van der Waals surface area (Å²) in [4.78, 5) is 15.8. The standard InChI is InChI=1S/C54H37N5/c1-54(2)44-25-13-9-21-37(44)41-32-42-40-24-12-16-28-48(40)59(50(42)33-45(41)54)49-30-29-36(58-46-26-14-10-22-38(46)39-23-11-15-27-47(39)58)31-43(49)53-56-51(34-17-5-3-6-18-34)55-52(57-53)35-19-7-4-8-20-35/h3-33H,1-2H3. The predicted molar refractivity (Wildman–Crippen MR) is 242 cm³/mol. The molecule has 59 heavy (non-hydrogen) atoms. The molecule has 278 valence electrons. The molecule has 3 aromatic heterocycles. The highest BCUT2D eigenvalue weighted by Crippen LogP contribution is 2.51. The van der Waals surface area contributed by atoms with Crippen LogP contribution in [-0.4, -0.2) is 24.1 Å². The van der Waals surface area contributed by atoms with E-state index in [1.165, 1.54) is 43.8 Å². The van der Waals surface area contributed by atoms with Gasteiger partial charge in [0.25, 0.3) is 0 Å². The second kappa shape index (κ2) is 12.7. The Kier molecular flexibility index (Phi) is 7.20. The van der Waals surface area contributed by atoms with Crippen molar-refractivity contribution in [2.45, 2.75) is 19.3 Å². The number of para-hydroxylation sites is 3. The fourth-order valence-corrected chi connectivity index (χ4v) is 9.59. The van der Waals surface area contributed by atoms with E-state index in [9.17, 15) is 0 Å². The first-order chi connectivity index (χ1) is 29.0. The normalized spacial score (nSPS) is 13.1. The zero-order valence-corrected chi connectivity index (χ0v) is 32.6. The van der Waals surface area contributed by atoms with Gasteiger partial charge in [-0.1, -0.05) is 153 Å². The molecule has 3 heterocycles. The van der Waals surface area contributed by atoms with Gasteiger partial charge in [-0.3, -0.25) is 0 Å². The average molecular weight is 756 g/mol. The minimum Gasteiger partial charge on any atom is -0.309 e. The average Bonchev–Trinajstić information content (AvgIpc) is 3.89. The fourth-order valence-electron chi connectivity index (χ4n) is 9.59. The SMILES string of the molecule is CC1(C)c2ccccc2-c2cc3c4ccccc4n(-c4ccc(-n5c6ccccc6c6ccccc65)cc4-c4nc(-c5ccccc5)nc(-c5ccccc5)n4)c3cc21. The summed E-state index contributed by atoms with van der Waals surface area (Å²) in [6.45, 7) is 4.70. The molecule has 5 heteroatoms. The van der Waals surface area contributed by atoms with Crippen LogP contribution in [0.2, 0.25) is 0 Å². The molecule has 0 unspecified atom stereocenters. The molecule has 0 atom stereocenters. The van der Waals surface area contributed by atoms with Gasteiger partial charge in [0.1, 0.15) is 0 Å². The lowest BCUT2D eigenvalue weighted by atomic mass is 9.82. The van der Waals surface area contributed by atoms with Gasteiger partial charge in [0, 0.05) is 49.3 Å². The van der Waals surface area contributed by atoms with E-state index in [-0.39, 0.29) is 5.41 Å². The van der Waals surface area contributed by atoms with Crippen molar-refractivity contribution in [3.8, 4) is 56.7 Å². The van der Waals surface area contributed by atoms with Crippen LogP contribution in [0.5, 0.6) is 0 Å². The third kappa shape index (κ3) is 5.01. The highest BCUT2D eigenvalue weighted by molar-refractivity contribution is 6.12. The summed E-state index contributed by atoms with van der Waals surface area (Å²) in [6, 6.07) is 67.1. The molecule has 5 nitrogen and oxygen atoms in total. The van der Waals surface area contributed by atoms with Crippen LogP contribution in [0, 0.1) is 0 Å². The summed E-state index contributed by atoms with van der Waals surface area (Å²) < 4.78 is 4.80. The van der Waals surface area contributed by atoms with E-state index >= 15 is 0 Å². The molecule has 1 aliphatic rings.